The molecule has 2 atom stereocenters. The van der Waals surface area contributed by atoms with Gasteiger partial charge in [-0.05, 0) is 49.8 Å². The summed E-state index contributed by atoms with van der Waals surface area (Å²) in [6, 6.07) is 18.1. The third-order valence-corrected chi connectivity index (χ3v) is 6.10. The van der Waals surface area contributed by atoms with Gasteiger partial charge in [-0.25, -0.2) is 9.59 Å². The van der Waals surface area contributed by atoms with Crippen molar-refractivity contribution in [3.05, 3.63) is 71.8 Å². The SMILES string of the molecule is O.O=C(NCCCC[C@@H](CN1CCC[C@@H]1C(=O)O)NC(=O)OCc1ccccc1)OCc1ccccc1. The molecule has 1 aliphatic rings. The number of carbonyl (C=O) groups excluding carboxylic acids is 2. The number of likely N-dealkylation sites (tertiary alicyclic amines) is 1. The Morgan fingerprint density at radius 1 is 0.919 bits per heavy atom. The van der Waals surface area contributed by atoms with Crippen LogP contribution in [0, 0.1) is 0 Å². The van der Waals surface area contributed by atoms with Gasteiger partial charge in [0.05, 0.1) is 0 Å². The first-order valence-corrected chi connectivity index (χ1v) is 12.4. The van der Waals surface area contributed by atoms with Crippen molar-refractivity contribution >= 4 is 18.2 Å². The summed E-state index contributed by atoms with van der Waals surface area (Å²) in [5.74, 6) is -0.837. The number of carboxylic acid groups (broad SMARTS) is 1. The fraction of sp³-hybridized carbons (Fsp3) is 0.444. The van der Waals surface area contributed by atoms with E-state index in [1.165, 1.54) is 0 Å². The molecular weight excluding hydrogens is 478 g/mol. The first-order chi connectivity index (χ1) is 17.5. The molecule has 0 aromatic heterocycles. The van der Waals surface area contributed by atoms with Crippen LogP contribution in [0.25, 0.3) is 0 Å². The van der Waals surface area contributed by atoms with E-state index in [1.807, 2.05) is 65.6 Å². The van der Waals surface area contributed by atoms with Gasteiger partial charge in [0.15, 0.2) is 0 Å². The van der Waals surface area contributed by atoms with E-state index in [1.54, 1.807) is 0 Å². The van der Waals surface area contributed by atoms with Crippen LogP contribution >= 0.6 is 0 Å². The summed E-state index contributed by atoms with van der Waals surface area (Å²) < 4.78 is 10.6. The number of alkyl carbamates (subject to hydrolysis) is 2. The molecule has 2 aromatic rings. The summed E-state index contributed by atoms with van der Waals surface area (Å²) in [7, 11) is 0. The van der Waals surface area contributed by atoms with Gasteiger partial charge in [-0.2, -0.15) is 0 Å². The number of aliphatic carboxylic acids is 1. The van der Waals surface area contributed by atoms with Crippen LogP contribution in [-0.4, -0.2) is 65.4 Å². The molecule has 1 fully saturated rings. The van der Waals surface area contributed by atoms with E-state index >= 15 is 0 Å². The van der Waals surface area contributed by atoms with Crippen LogP contribution < -0.4 is 10.6 Å². The van der Waals surface area contributed by atoms with E-state index < -0.39 is 24.2 Å². The predicted octanol–water partition coefficient (Wildman–Crippen LogP) is 3.10. The molecule has 37 heavy (non-hydrogen) atoms. The summed E-state index contributed by atoms with van der Waals surface area (Å²) in [5, 5.41) is 15.1. The van der Waals surface area contributed by atoms with Crippen molar-refractivity contribution in [2.24, 2.45) is 0 Å². The quantitative estimate of drug-likeness (QED) is 0.347. The minimum atomic E-state index is -0.837. The molecule has 5 N–H and O–H groups in total. The molecule has 3 rings (SSSR count). The number of nitrogens with one attached hydrogen (secondary N) is 2. The second kappa shape index (κ2) is 16.2. The van der Waals surface area contributed by atoms with Crippen LogP contribution in [0.5, 0.6) is 0 Å². The van der Waals surface area contributed by atoms with Crippen molar-refractivity contribution in [2.45, 2.75) is 57.4 Å². The van der Waals surface area contributed by atoms with Crippen molar-refractivity contribution in [1.82, 2.24) is 15.5 Å². The van der Waals surface area contributed by atoms with Gasteiger partial charge >= 0.3 is 18.2 Å². The Morgan fingerprint density at radius 3 is 2.11 bits per heavy atom. The monoisotopic (exact) mass is 515 g/mol. The van der Waals surface area contributed by atoms with Gasteiger partial charge in [0.2, 0.25) is 0 Å². The molecule has 1 saturated heterocycles. The molecule has 0 unspecified atom stereocenters. The molecule has 0 aliphatic carbocycles. The maximum atomic E-state index is 12.4. The van der Waals surface area contributed by atoms with E-state index in [0.29, 0.717) is 38.9 Å². The Hall–Kier alpha value is -3.63. The van der Waals surface area contributed by atoms with Crippen molar-refractivity contribution in [3.8, 4) is 0 Å². The topological polar surface area (TPSA) is 149 Å². The Kier molecular flexibility index (Phi) is 12.9. The van der Waals surface area contributed by atoms with Gasteiger partial charge in [-0.15, -0.1) is 0 Å². The Bertz CT molecular complexity index is 959. The van der Waals surface area contributed by atoms with Crippen LogP contribution in [0.15, 0.2) is 60.7 Å². The standard InChI is InChI=1S/C27H35N3O6.H2O/c31-25(32)24-15-9-17-30(24)18-23(29-27(34)36-20-22-12-5-2-6-13-22)14-7-8-16-28-26(33)35-19-21-10-3-1-4-11-21;/h1-6,10-13,23-24H,7-9,14-20H2,(H,28,33)(H,29,34)(H,31,32);1H2/t23-,24+;/m0./s1. The normalized spacial score (nSPS) is 15.7. The lowest BCUT2D eigenvalue weighted by atomic mass is 10.1. The summed E-state index contributed by atoms with van der Waals surface area (Å²) in [5.41, 5.74) is 1.81. The molecule has 0 radical (unpaired) electrons. The number of hydrogen-bond acceptors (Lipinski definition) is 6. The molecule has 2 aromatic carbocycles. The Morgan fingerprint density at radius 2 is 1.51 bits per heavy atom. The van der Waals surface area contributed by atoms with Crippen LogP contribution in [0.1, 0.15) is 43.2 Å². The molecule has 1 heterocycles. The smallest absolute Gasteiger partial charge is 0.407 e. The molecule has 202 valence electrons. The fourth-order valence-corrected chi connectivity index (χ4v) is 4.23. The number of rotatable bonds is 13. The molecule has 1 aliphatic heterocycles. The number of ether oxygens (including phenoxy) is 2. The lowest BCUT2D eigenvalue weighted by Gasteiger charge is -2.27. The van der Waals surface area contributed by atoms with E-state index in [9.17, 15) is 19.5 Å². The van der Waals surface area contributed by atoms with Gasteiger partial charge < -0.3 is 30.7 Å². The van der Waals surface area contributed by atoms with Gasteiger partial charge in [0.25, 0.3) is 0 Å². The highest BCUT2D eigenvalue weighted by Crippen LogP contribution is 2.19. The fourth-order valence-electron chi connectivity index (χ4n) is 4.23. The number of unbranched alkanes of at least 4 members (excludes halogenated alkanes) is 1. The largest absolute Gasteiger partial charge is 0.480 e. The first-order valence-electron chi connectivity index (χ1n) is 12.4. The lowest BCUT2D eigenvalue weighted by molar-refractivity contribution is -0.142. The van der Waals surface area contributed by atoms with Gasteiger partial charge in [0, 0.05) is 19.1 Å². The van der Waals surface area contributed by atoms with Crippen molar-refractivity contribution < 1.29 is 34.4 Å². The van der Waals surface area contributed by atoms with Gasteiger partial charge in [0.1, 0.15) is 19.3 Å². The van der Waals surface area contributed by atoms with E-state index in [2.05, 4.69) is 10.6 Å². The number of carbonyl (C=O) groups is 3. The van der Waals surface area contributed by atoms with Crippen LogP contribution in [0.3, 0.4) is 0 Å². The summed E-state index contributed by atoms with van der Waals surface area (Å²) in [6.45, 7) is 1.94. The molecule has 0 spiro atoms. The zero-order valence-corrected chi connectivity index (χ0v) is 20.9. The molecular formula is C27H37N3O7. The Labute approximate surface area is 217 Å². The second-order valence-electron chi connectivity index (χ2n) is 8.88. The highest BCUT2D eigenvalue weighted by molar-refractivity contribution is 5.73. The van der Waals surface area contributed by atoms with Crippen LogP contribution in [0.4, 0.5) is 9.59 Å². The first kappa shape index (κ1) is 29.6. The van der Waals surface area contributed by atoms with Gasteiger partial charge in [-0.3, -0.25) is 9.69 Å². The van der Waals surface area contributed by atoms with E-state index in [-0.39, 0.29) is 24.7 Å². The summed E-state index contributed by atoms with van der Waals surface area (Å²) in [4.78, 5) is 37.8. The van der Waals surface area contributed by atoms with Crippen molar-refractivity contribution in [2.75, 3.05) is 19.6 Å². The highest BCUT2D eigenvalue weighted by Gasteiger charge is 2.32. The zero-order valence-electron chi connectivity index (χ0n) is 20.9. The number of benzene rings is 2. The van der Waals surface area contributed by atoms with Crippen LogP contribution in [0.2, 0.25) is 0 Å². The lowest BCUT2D eigenvalue weighted by Crippen LogP contribution is -2.47. The minimum absolute atomic E-state index is 0. The van der Waals surface area contributed by atoms with Gasteiger partial charge in [-0.1, -0.05) is 60.7 Å². The maximum absolute atomic E-state index is 12.4. The summed E-state index contributed by atoms with van der Waals surface area (Å²) >= 11 is 0. The minimum Gasteiger partial charge on any atom is -0.480 e. The third kappa shape index (κ3) is 10.9. The predicted molar refractivity (Wildman–Crippen MR) is 138 cm³/mol. The van der Waals surface area contributed by atoms with E-state index in [4.69, 9.17) is 9.47 Å². The number of amides is 2. The number of carboxylic acids is 1. The van der Waals surface area contributed by atoms with Crippen LogP contribution in [-0.2, 0) is 27.5 Å². The average molecular weight is 516 g/mol. The van der Waals surface area contributed by atoms with E-state index in [0.717, 1.165) is 24.0 Å². The van der Waals surface area contributed by atoms with Crippen molar-refractivity contribution in [3.63, 3.8) is 0 Å². The zero-order chi connectivity index (χ0) is 25.6. The van der Waals surface area contributed by atoms with Crippen molar-refractivity contribution in [1.29, 1.82) is 0 Å². The second-order valence-corrected chi connectivity index (χ2v) is 8.88. The highest BCUT2D eigenvalue weighted by atomic mass is 16.6. The molecule has 10 heteroatoms. The Balaban J connectivity index is 0.00000481. The molecule has 2 amide bonds. The molecule has 10 nitrogen and oxygen atoms in total. The maximum Gasteiger partial charge on any atom is 0.407 e. The number of nitrogens with zero attached hydrogens (tertiary/aromatic N) is 1. The summed E-state index contributed by atoms with van der Waals surface area (Å²) in [6.07, 6.45) is 2.47. The third-order valence-electron chi connectivity index (χ3n) is 6.10. The number of hydrogen-bond donors (Lipinski definition) is 3. The molecule has 0 bridgehead atoms. The molecule has 0 saturated carbocycles. The average Bonchev–Trinajstić information content (AvgIpc) is 3.36.